The Morgan fingerprint density at radius 1 is 1.02 bits per heavy atom. The van der Waals surface area contributed by atoms with Crippen molar-refractivity contribution in [3.8, 4) is 23.0 Å². The van der Waals surface area contributed by atoms with Crippen molar-refractivity contribution >= 4 is 44.1 Å². The van der Waals surface area contributed by atoms with E-state index >= 15 is 0 Å². The van der Waals surface area contributed by atoms with Crippen LogP contribution in [-0.4, -0.2) is 48.7 Å². The van der Waals surface area contributed by atoms with Crippen LogP contribution in [0.2, 0.25) is 0 Å². The van der Waals surface area contributed by atoms with Crippen LogP contribution in [0, 0.1) is 0 Å². The van der Waals surface area contributed by atoms with Gasteiger partial charge in [-0.2, -0.15) is 0 Å². The van der Waals surface area contributed by atoms with E-state index in [1.165, 1.54) is 16.2 Å². The van der Waals surface area contributed by atoms with Gasteiger partial charge in [0.2, 0.25) is 0 Å². The first-order chi connectivity index (χ1) is 20.0. The van der Waals surface area contributed by atoms with Gasteiger partial charge in [-0.15, -0.1) is 0 Å². The maximum atomic E-state index is 13.6. The van der Waals surface area contributed by atoms with E-state index in [4.69, 9.17) is 18.9 Å². The van der Waals surface area contributed by atoms with Crippen LogP contribution in [0.3, 0.4) is 0 Å². The molecular formula is C31H28N2O7S. The molecule has 3 heterocycles. The van der Waals surface area contributed by atoms with Crippen molar-refractivity contribution in [1.82, 2.24) is 4.98 Å². The van der Waals surface area contributed by atoms with Gasteiger partial charge in [-0.05, 0) is 60.5 Å². The van der Waals surface area contributed by atoms with Crippen molar-refractivity contribution in [3.63, 3.8) is 0 Å². The number of ether oxygens (including phenoxy) is 4. The maximum absolute atomic E-state index is 13.6. The molecule has 41 heavy (non-hydrogen) atoms. The van der Waals surface area contributed by atoms with Gasteiger partial charge < -0.3 is 24.1 Å². The third-order valence-corrected chi connectivity index (χ3v) is 8.03. The fourth-order valence-corrected chi connectivity index (χ4v) is 5.92. The maximum Gasteiger partial charge on any atom is 0.301 e. The predicted molar refractivity (Wildman–Crippen MR) is 155 cm³/mol. The number of thiazole rings is 1. The van der Waals surface area contributed by atoms with Crippen molar-refractivity contribution < 1.29 is 33.6 Å². The first-order valence-corrected chi connectivity index (χ1v) is 14.2. The first-order valence-electron chi connectivity index (χ1n) is 13.4. The summed E-state index contributed by atoms with van der Waals surface area (Å²) < 4.78 is 23.2. The summed E-state index contributed by atoms with van der Waals surface area (Å²) in [5, 5.41) is 11.9. The molecule has 1 N–H and O–H groups in total. The van der Waals surface area contributed by atoms with Crippen molar-refractivity contribution in [2.45, 2.75) is 25.8 Å². The van der Waals surface area contributed by atoms with Crippen LogP contribution in [0.4, 0.5) is 5.13 Å². The van der Waals surface area contributed by atoms with Crippen LogP contribution < -0.4 is 23.8 Å². The molecule has 4 aromatic rings. The molecule has 1 fully saturated rings. The number of aliphatic hydroxyl groups excluding tert-OH is 1. The van der Waals surface area contributed by atoms with Gasteiger partial charge in [-0.25, -0.2) is 4.98 Å². The smallest absolute Gasteiger partial charge is 0.301 e. The van der Waals surface area contributed by atoms with E-state index in [0.717, 1.165) is 17.5 Å². The van der Waals surface area contributed by atoms with Crippen molar-refractivity contribution in [1.29, 1.82) is 0 Å². The number of methoxy groups -OCH3 is 1. The quantitative estimate of drug-likeness (QED) is 0.121. The zero-order valence-corrected chi connectivity index (χ0v) is 23.4. The van der Waals surface area contributed by atoms with Gasteiger partial charge in [-0.3, -0.25) is 14.5 Å². The van der Waals surface area contributed by atoms with E-state index in [1.54, 1.807) is 61.7 Å². The van der Waals surface area contributed by atoms with E-state index in [0.29, 0.717) is 64.6 Å². The molecule has 2 aliphatic rings. The van der Waals surface area contributed by atoms with Crippen LogP contribution in [0.15, 0.2) is 66.2 Å². The van der Waals surface area contributed by atoms with Gasteiger partial charge in [0.05, 0.1) is 35.5 Å². The fraction of sp³-hybridized carbons (Fsp3) is 0.258. The molecule has 1 amide bonds. The molecule has 6 rings (SSSR count). The Kier molecular flexibility index (Phi) is 7.23. The minimum absolute atomic E-state index is 0.0387. The van der Waals surface area contributed by atoms with Crippen LogP contribution >= 0.6 is 11.3 Å². The molecule has 0 spiro atoms. The molecule has 1 atom stereocenters. The van der Waals surface area contributed by atoms with E-state index in [9.17, 15) is 14.7 Å². The third-order valence-electron chi connectivity index (χ3n) is 7.01. The number of hydrogen-bond acceptors (Lipinski definition) is 9. The number of fused-ring (bicyclic) bond motifs is 2. The summed E-state index contributed by atoms with van der Waals surface area (Å²) in [6.45, 7) is 3.48. The van der Waals surface area contributed by atoms with E-state index in [2.05, 4.69) is 11.9 Å². The number of nitrogens with zero attached hydrogens (tertiary/aromatic N) is 2. The standard InChI is InChI=1S/C31H28N2O7S/c1-3-4-13-38-20-8-5-18(6-9-20)27-26(28(34)19-7-12-23-24(16-19)40-15-14-39-23)29(35)30(36)33(27)31-32-22-11-10-21(37-2)17-25(22)41-31/h5-12,16-17,27,34H,3-4,13-15H2,1-2H3. The average Bonchev–Trinajstić information content (AvgIpc) is 3.54. The van der Waals surface area contributed by atoms with Crippen molar-refractivity contribution in [3.05, 3.63) is 77.4 Å². The van der Waals surface area contributed by atoms with Gasteiger partial charge >= 0.3 is 5.91 Å². The highest BCUT2D eigenvalue weighted by atomic mass is 32.1. The minimum Gasteiger partial charge on any atom is -0.507 e. The molecule has 1 saturated heterocycles. The Balaban J connectivity index is 1.47. The van der Waals surface area contributed by atoms with Crippen LogP contribution in [0.5, 0.6) is 23.0 Å². The Morgan fingerprint density at radius 3 is 2.54 bits per heavy atom. The number of amides is 1. The number of hydrogen-bond donors (Lipinski definition) is 1. The number of rotatable bonds is 8. The predicted octanol–water partition coefficient (Wildman–Crippen LogP) is 5.88. The monoisotopic (exact) mass is 572 g/mol. The lowest BCUT2D eigenvalue weighted by molar-refractivity contribution is -0.132. The molecule has 1 unspecified atom stereocenters. The van der Waals surface area contributed by atoms with Gasteiger partial charge in [0, 0.05) is 5.56 Å². The van der Waals surface area contributed by atoms with Gasteiger partial charge in [0.25, 0.3) is 5.78 Å². The largest absolute Gasteiger partial charge is 0.507 e. The second-order valence-corrected chi connectivity index (χ2v) is 10.6. The molecule has 10 heteroatoms. The summed E-state index contributed by atoms with van der Waals surface area (Å²) in [6.07, 6.45) is 1.94. The van der Waals surface area contributed by atoms with Crippen molar-refractivity contribution in [2.24, 2.45) is 0 Å². The average molecular weight is 573 g/mol. The van der Waals surface area contributed by atoms with E-state index in [-0.39, 0.29) is 11.3 Å². The number of benzene rings is 3. The molecule has 0 radical (unpaired) electrons. The van der Waals surface area contributed by atoms with E-state index < -0.39 is 17.7 Å². The summed E-state index contributed by atoms with van der Waals surface area (Å²) in [6, 6.07) is 16.7. The number of carbonyl (C=O) groups is 2. The SMILES string of the molecule is CCCCOc1ccc(C2C(=C(O)c3ccc4c(c3)OCCO4)C(=O)C(=O)N2c2nc3ccc(OC)cc3s2)cc1. The topological polar surface area (TPSA) is 107 Å². The lowest BCUT2D eigenvalue weighted by Gasteiger charge is -2.23. The first kappa shape index (κ1) is 26.6. The zero-order chi connectivity index (χ0) is 28.5. The summed E-state index contributed by atoms with van der Waals surface area (Å²) in [5.74, 6) is 0.458. The normalized spacial score (nSPS) is 17.7. The summed E-state index contributed by atoms with van der Waals surface area (Å²) >= 11 is 1.27. The number of Topliss-reactive ketones (excluding diaryl/α,β-unsaturated/α-hetero) is 1. The lowest BCUT2D eigenvalue weighted by atomic mass is 9.95. The molecular weight excluding hydrogens is 544 g/mol. The van der Waals surface area contributed by atoms with Gasteiger partial charge in [-0.1, -0.05) is 36.8 Å². The molecule has 3 aromatic carbocycles. The van der Waals surface area contributed by atoms with E-state index in [1.807, 2.05) is 6.07 Å². The Bertz CT molecular complexity index is 1660. The zero-order valence-electron chi connectivity index (χ0n) is 22.6. The van der Waals surface area contributed by atoms with Gasteiger partial charge in [0.1, 0.15) is 30.5 Å². The second kappa shape index (κ2) is 11.1. The Labute approximate surface area is 240 Å². The second-order valence-electron chi connectivity index (χ2n) is 9.63. The number of aliphatic hydroxyl groups is 1. The van der Waals surface area contributed by atoms with Crippen LogP contribution in [-0.2, 0) is 9.59 Å². The number of unbranched alkanes of at least 4 members (excludes halogenated alkanes) is 1. The number of ketones is 1. The molecule has 0 bridgehead atoms. The summed E-state index contributed by atoms with van der Waals surface area (Å²) in [5.41, 5.74) is 1.59. The number of anilines is 1. The minimum atomic E-state index is -0.921. The number of aromatic nitrogens is 1. The highest BCUT2D eigenvalue weighted by molar-refractivity contribution is 7.22. The molecule has 9 nitrogen and oxygen atoms in total. The molecule has 210 valence electrons. The summed E-state index contributed by atoms with van der Waals surface area (Å²) in [4.78, 5) is 33.2. The molecule has 2 aliphatic heterocycles. The molecule has 1 aromatic heterocycles. The highest BCUT2D eigenvalue weighted by Gasteiger charge is 2.48. The Hall–Kier alpha value is -4.57. The van der Waals surface area contributed by atoms with Crippen LogP contribution in [0.1, 0.15) is 36.9 Å². The summed E-state index contributed by atoms with van der Waals surface area (Å²) in [7, 11) is 1.58. The van der Waals surface area contributed by atoms with Gasteiger partial charge in [0.15, 0.2) is 16.6 Å². The molecule has 0 aliphatic carbocycles. The molecule has 0 saturated carbocycles. The highest BCUT2D eigenvalue weighted by Crippen LogP contribution is 2.45. The third kappa shape index (κ3) is 4.95. The van der Waals surface area contributed by atoms with Crippen molar-refractivity contribution in [2.75, 3.05) is 31.8 Å². The van der Waals surface area contributed by atoms with Crippen LogP contribution in [0.25, 0.3) is 16.0 Å². The Morgan fingerprint density at radius 2 is 1.78 bits per heavy atom. The number of carbonyl (C=O) groups excluding carboxylic acids is 2. The fourth-order valence-electron chi connectivity index (χ4n) is 4.89. The lowest BCUT2D eigenvalue weighted by Crippen LogP contribution is -2.29.